The van der Waals surface area contributed by atoms with Crippen molar-refractivity contribution in [3.05, 3.63) is 0 Å². The summed E-state index contributed by atoms with van der Waals surface area (Å²) in [6, 6.07) is 1.44. The van der Waals surface area contributed by atoms with Gasteiger partial charge in [0, 0.05) is 24.5 Å². The number of carbonyl (C=O) groups excluding carboxylic acids is 2. The molecule has 0 aromatic rings. The van der Waals surface area contributed by atoms with E-state index >= 15 is 0 Å². The van der Waals surface area contributed by atoms with E-state index in [-0.39, 0.29) is 11.9 Å². The number of fused-ring (bicyclic) bond motifs is 3. The van der Waals surface area contributed by atoms with Gasteiger partial charge < -0.3 is 9.47 Å². The molecule has 0 radical (unpaired) electrons. The van der Waals surface area contributed by atoms with Crippen molar-refractivity contribution in [3.63, 3.8) is 0 Å². The van der Waals surface area contributed by atoms with Gasteiger partial charge in [0.1, 0.15) is 5.60 Å². The molecule has 1 aliphatic carbocycles. The van der Waals surface area contributed by atoms with Crippen molar-refractivity contribution in [3.8, 4) is 0 Å². The quantitative estimate of drug-likeness (QED) is 0.711. The molecule has 3 rings (SSSR count). The summed E-state index contributed by atoms with van der Waals surface area (Å²) >= 11 is 0. The normalized spacial score (nSPS) is 34.7. The molecule has 0 aromatic carbocycles. The highest BCUT2D eigenvalue weighted by molar-refractivity contribution is 5.70. The molecule has 2 saturated heterocycles. The van der Waals surface area contributed by atoms with Crippen LogP contribution >= 0.6 is 0 Å². The molecule has 0 spiro atoms. The van der Waals surface area contributed by atoms with Crippen LogP contribution in [0, 0.1) is 11.8 Å². The van der Waals surface area contributed by atoms with Gasteiger partial charge in [0.05, 0.1) is 13.5 Å². The molecule has 5 atom stereocenters. The number of rotatable bonds is 4. The zero-order chi connectivity index (χ0) is 18.9. The van der Waals surface area contributed by atoms with Crippen molar-refractivity contribution in [2.45, 2.75) is 102 Å². The number of hydrogen-bond acceptors (Lipinski definition) is 5. The molecule has 0 bridgehead atoms. The Kier molecular flexibility index (Phi) is 5.95. The summed E-state index contributed by atoms with van der Waals surface area (Å²) in [6.07, 6.45) is 9.25. The predicted molar refractivity (Wildman–Crippen MR) is 99.6 cm³/mol. The third-order valence-corrected chi connectivity index (χ3v) is 6.55. The van der Waals surface area contributed by atoms with E-state index in [0.29, 0.717) is 42.8 Å². The van der Waals surface area contributed by atoms with Crippen LogP contribution in [0.15, 0.2) is 0 Å². The standard InChI is InChI=1S/C21H35NO4/c1-21(2,3)26-20(24)13-16-9-8-15-10-11-17-14(12-19(23)25-4)6-5-7-18(17)22(15)16/h14-18H,5-13H2,1-4H3/t14-,15+,16-,17-,18+/m0/s1. The summed E-state index contributed by atoms with van der Waals surface area (Å²) in [6.45, 7) is 5.79. The molecule has 0 aromatic heterocycles. The maximum atomic E-state index is 12.4. The van der Waals surface area contributed by atoms with Gasteiger partial charge in [-0.25, -0.2) is 0 Å². The van der Waals surface area contributed by atoms with Crippen LogP contribution in [0.1, 0.15) is 78.6 Å². The minimum absolute atomic E-state index is 0.0767. The van der Waals surface area contributed by atoms with Gasteiger partial charge in [-0.05, 0) is 71.1 Å². The van der Waals surface area contributed by atoms with Crippen LogP contribution in [0.2, 0.25) is 0 Å². The fraction of sp³-hybridized carbons (Fsp3) is 0.905. The highest BCUT2D eigenvalue weighted by atomic mass is 16.6. The maximum Gasteiger partial charge on any atom is 0.307 e. The molecule has 5 nitrogen and oxygen atoms in total. The lowest BCUT2D eigenvalue weighted by molar-refractivity contribution is -0.156. The van der Waals surface area contributed by atoms with E-state index in [9.17, 15) is 9.59 Å². The maximum absolute atomic E-state index is 12.4. The molecular formula is C21H35NO4. The van der Waals surface area contributed by atoms with Gasteiger partial charge in [-0.1, -0.05) is 6.42 Å². The van der Waals surface area contributed by atoms with Crippen molar-refractivity contribution in [1.29, 1.82) is 0 Å². The van der Waals surface area contributed by atoms with E-state index in [1.165, 1.54) is 39.2 Å². The summed E-state index contributed by atoms with van der Waals surface area (Å²) in [7, 11) is 1.48. The van der Waals surface area contributed by atoms with Crippen LogP contribution in [-0.2, 0) is 19.1 Å². The first kappa shape index (κ1) is 19.7. The van der Waals surface area contributed by atoms with Gasteiger partial charge in [-0.2, -0.15) is 0 Å². The Bertz CT molecular complexity index is 527. The summed E-state index contributed by atoms with van der Waals surface area (Å²) in [5.41, 5.74) is -0.421. The largest absolute Gasteiger partial charge is 0.469 e. The van der Waals surface area contributed by atoms with Gasteiger partial charge in [0.25, 0.3) is 0 Å². The Labute approximate surface area is 157 Å². The zero-order valence-electron chi connectivity index (χ0n) is 16.8. The smallest absolute Gasteiger partial charge is 0.307 e. The van der Waals surface area contributed by atoms with Crippen LogP contribution < -0.4 is 0 Å². The molecule has 3 aliphatic rings. The fourth-order valence-electron chi connectivity index (χ4n) is 5.66. The highest BCUT2D eigenvalue weighted by Gasteiger charge is 2.48. The van der Waals surface area contributed by atoms with Crippen LogP contribution in [-0.4, -0.2) is 47.7 Å². The van der Waals surface area contributed by atoms with E-state index in [1.807, 2.05) is 20.8 Å². The average Bonchev–Trinajstić information content (AvgIpc) is 2.96. The second kappa shape index (κ2) is 7.87. The van der Waals surface area contributed by atoms with Crippen LogP contribution in [0.4, 0.5) is 0 Å². The molecule has 0 amide bonds. The molecule has 26 heavy (non-hydrogen) atoms. The first-order valence-electron chi connectivity index (χ1n) is 10.3. The van der Waals surface area contributed by atoms with Gasteiger partial charge in [0.15, 0.2) is 0 Å². The van der Waals surface area contributed by atoms with Crippen LogP contribution in [0.3, 0.4) is 0 Å². The highest BCUT2D eigenvalue weighted by Crippen LogP contribution is 2.47. The van der Waals surface area contributed by atoms with Crippen molar-refractivity contribution in [1.82, 2.24) is 4.90 Å². The second-order valence-electron chi connectivity index (χ2n) is 9.40. The molecule has 0 N–H and O–H groups in total. The van der Waals surface area contributed by atoms with Crippen molar-refractivity contribution in [2.24, 2.45) is 11.8 Å². The first-order chi connectivity index (χ1) is 12.3. The first-order valence-corrected chi connectivity index (χ1v) is 10.3. The summed E-state index contributed by atoms with van der Waals surface area (Å²) in [5, 5.41) is 0. The number of hydrogen-bond donors (Lipinski definition) is 0. The van der Waals surface area contributed by atoms with Crippen molar-refractivity contribution in [2.75, 3.05) is 7.11 Å². The second-order valence-corrected chi connectivity index (χ2v) is 9.40. The molecule has 2 heterocycles. The molecule has 3 fully saturated rings. The topological polar surface area (TPSA) is 55.8 Å². The predicted octanol–water partition coefficient (Wildman–Crippen LogP) is 3.69. The Morgan fingerprint density at radius 2 is 1.69 bits per heavy atom. The van der Waals surface area contributed by atoms with Gasteiger partial charge in [-0.3, -0.25) is 14.5 Å². The number of piperidine rings is 1. The number of methoxy groups -OCH3 is 1. The number of ether oxygens (including phenoxy) is 2. The van der Waals surface area contributed by atoms with Gasteiger partial charge in [-0.15, -0.1) is 0 Å². The SMILES string of the molecule is COC(=O)C[C@@H]1CCC[C@@H]2[C@H]1CC[C@H]1CC[C@@H](CC(=O)OC(C)(C)C)N12. The monoisotopic (exact) mass is 365 g/mol. The third kappa shape index (κ3) is 4.41. The van der Waals surface area contributed by atoms with E-state index in [0.717, 1.165) is 12.8 Å². The Hall–Kier alpha value is -1.10. The summed E-state index contributed by atoms with van der Waals surface area (Å²) in [4.78, 5) is 26.9. The van der Waals surface area contributed by atoms with Gasteiger partial charge >= 0.3 is 11.9 Å². The lowest BCUT2D eigenvalue weighted by atomic mass is 9.69. The van der Waals surface area contributed by atoms with E-state index in [1.54, 1.807) is 0 Å². The lowest BCUT2D eigenvalue weighted by Gasteiger charge is -2.51. The van der Waals surface area contributed by atoms with Crippen molar-refractivity contribution < 1.29 is 19.1 Å². The molecule has 5 heteroatoms. The molecule has 1 saturated carbocycles. The average molecular weight is 366 g/mol. The Balaban J connectivity index is 1.68. The van der Waals surface area contributed by atoms with Crippen LogP contribution in [0.5, 0.6) is 0 Å². The Morgan fingerprint density at radius 1 is 0.962 bits per heavy atom. The van der Waals surface area contributed by atoms with Crippen molar-refractivity contribution >= 4 is 11.9 Å². The summed E-state index contributed by atoms with van der Waals surface area (Å²) < 4.78 is 10.5. The van der Waals surface area contributed by atoms with Gasteiger partial charge in [0.2, 0.25) is 0 Å². The van der Waals surface area contributed by atoms with E-state index in [4.69, 9.17) is 9.47 Å². The van der Waals surface area contributed by atoms with Crippen LogP contribution in [0.25, 0.3) is 0 Å². The minimum atomic E-state index is -0.421. The van der Waals surface area contributed by atoms with E-state index in [2.05, 4.69) is 4.90 Å². The zero-order valence-corrected chi connectivity index (χ0v) is 16.8. The fourth-order valence-corrected chi connectivity index (χ4v) is 5.66. The molecular weight excluding hydrogens is 330 g/mol. The third-order valence-electron chi connectivity index (χ3n) is 6.55. The van der Waals surface area contributed by atoms with E-state index < -0.39 is 5.60 Å². The molecule has 2 aliphatic heterocycles. The number of carbonyl (C=O) groups is 2. The number of esters is 2. The Morgan fingerprint density at radius 3 is 2.38 bits per heavy atom. The number of nitrogens with zero attached hydrogens (tertiary/aromatic N) is 1. The minimum Gasteiger partial charge on any atom is -0.469 e. The molecule has 148 valence electrons. The summed E-state index contributed by atoms with van der Waals surface area (Å²) in [5.74, 6) is 0.847. The molecule has 0 unspecified atom stereocenters. The lowest BCUT2D eigenvalue weighted by Crippen LogP contribution is -2.55.